The predicted octanol–water partition coefficient (Wildman–Crippen LogP) is 3.84. The summed E-state index contributed by atoms with van der Waals surface area (Å²) < 4.78 is 28.2. The van der Waals surface area contributed by atoms with Gasteiger partial charge in [-0.1, -0.05) is 39.0 Å². The first-order valence-electron chi connectivity index (χ1n) is 16.1. The molecule has 0 heterocycles. The Morgan fingerprint density at radius 1 is 0.915 bits per heavy atom. The minimum atomic E-state index is -1.28. The minimum absolute atomic E-state index is 0.0413. The van der Waals surface area contributed by atoms with Crippen molar-refractivity contribution in [1.82, 2.24) is 15.5 Å². The van der Waals surface area contributed by atoms with Crippen LogP contribution < -0.4 is 16.4 Å². The highest BCUT2D eigenvalue weighted by Gasteiger charge is 2.33. The molecule has 0 spiro atoms. The number of hydrogen-bond acceptors (Lipinski definition) is 6. The molecule has 1 aliphatic carbocycles. The lowest BCUT2D eigenvalue weighted by Crippen LogP contribution is -2.49. The number of aliphatic hydroxyl groups is 2. The second-order valence-corrected chi connectivity index (χ2v) is 12.1. The molecule has 0 aliphatic heterocycles. The fourth-order valence-electron chi connectivity index (χ4n) is 6.11. The maximum atomic E-state index is 14.1. The number of carbonyl (C=O) groups is 3. The van der Waals surface area contributed by atoms with E-state index in [1.54, 1.807) is 4.90 Å². The Balaban J connectivity index is 1.61. The van der Waals surface area contributed by atoms with Gasteiger partial charge in [0.15, 0.2) is 0 Å². The summed E-state index contributed by atoms with van der Waals surface area (Å²) in [7, 11) is 0. The third kappa shape index (κ3) is 9.00. The van der Waals surface area contributed by atoms with Crippen LogP contribution in [0.1, 0.15) is 93.0 Å². The van der Waals surface area contributed by atoms with Crippen molar-refractivity contribution in [2.45, 2.75) is 77.2 Å². The van der Waals surface area contributed by atoms with E-state index in [2.05, 4.69) is 10.6 Å². The van der Waals surface area contributed by atoms with Crippen LogP contribution in [0, 0.1) is 11.6 Å². The largest absolute Gasteiger partial charge is 0.391 e. The quantitative estimate of drug-likeness (QED) is 0.169. The highest BCUT2D eigenvalue weighted by Crippen LogP contribution is 2.32. The molecular formula is C36H44F2N4O5. The number of nitrogens with one attached hydrogen (secondary N) is 2. The SMILES string of the molecule is CCCN(CCC)C(=O)c1cc(C(N)=O)cc(C(=O)N[C@@H](Cc2cc(F)cc(F)c2)[C@H](O)CN[C@@H]2c3cc(CC)ccc3C[C@@H]2O)c1. The summed E-state index contributed by atoms with van der Waals surface area (Å²) >= 11 is 0. The van der Waals surface area contributed by atoms with Crippen LogP contribution in [0.15, 0.2) is 54.6 Å². The Morgan fingerprint density at radius 3 is 2.17 bits per heavy atom. The number of rotatable bonds is 15. The standard InChI is InChI=1S/C36H44F2N4O5/c1-4-9-42(10-5-2)36(47)26-16-24(34(39)45)15-25(17-26)35(46)41-30(14-22-11-27(37)19-28(38)12-22)32(44)20-40-33-29-13-21(6-3)7-8-23(29)18-31(33)43/h7-8,11-13,15-17,19,30-33,40,43-44H,4-6,9-10,14,18,20H2,1-3H3,(H2,39,45)(H,41,46)/t30-,31-,32+,33+/m0/s1. The molecule has 9 nitrogen and oxygen atoms in total. The molecule has 11 heteroatoms. The average Bonchev–Trinajstić information content (AvgIpc) is 3.35. The van der Waals surface area contributed by atoms with Gasteiger partial charge in [0.05, 0.1) is 24.3 Å². The second kappa shape index (κ2) is 16.1. The molecule has 0 saturated heterocycles. The Bertz CT molecular complexity index is 1570. The maximum Gasteiger partial charge on any atom is 0.253 e. The van der Waals surface area contributed by atoms with Gasteiger partial charge in [-0.15, -0.1) is 0 Å². The molecular weight excluding hydrogens is 606 g/mol. The third-order valence-corrected chi connectivity index (χ3v) is 8.47. The summed E-state index contributed by atoms with van der Waals surface area (Å²) in [6.45, 7) is 6.81. The lowest BCUT2D eigenvalue weighted by molar-refractivity contribution is 0.0755. The monoisotopic (exact) mass is 650 g/mol. The molecule has 1 aliphatic rings. The topological polar surface area (TPSA) is 145 Å². The van der Waals surface area contributed by atoms with Gasteiger partial charge in [0.1, 0.15) is 11.6 Å². The highest BCUT2D eigenvalue weighted by atomic mass is 19.1. The smallest absolute Gasteiger partial charge is 0.253 e. The molecule has 252 valence electrons. The first kappa shape index (κ1) is 35.7. The van der Waals surface area contributed by atoms with Crippen LogP contribution in [0.4, 0.5) is 8.78 Å². The van der Waals surface area contributed by atoms with Crippen molar-refractivity contribution in [2.75, 3.05) is 19.6 Å². The molecule has 3 aromatic rings. The van der Waals surface area contributed by atoms with Crippen molar-refractivity contribution in [1.29, 1.82) is 0 Å². The van der Waals surface area contributed by atoms with E-state index in [1.807, 2.05) is 39.0 Å². The van der Waals surface area contributed by atoms with E-state index in [0.717, 1.165) is 41.3 Å². The van der Waals surface area contributed by atoms with Crippen molar-refractivity contribution in [3.8, 4) is 0 Å². The van der Waals surface area contributed by atoms with Crippen LogP contribution in [0.3, 0.4) is 0 Å². The Morgan fingerprint density at radius 2 is 1.55 bits per heavy atom. The van der Waals surface area contributed by atoms with Crippen molar-refractivity contribution >= 4 is 17.7 Å². The number of primary amides is 1. The number of benzene rings is 3. The molecule has 3 aromatic carbocycles. The number of aliphatic hydroxyl groups excluding tert-OH is 2. The molecule has 4 atom stereocenters. The van der Waals surface area contributed by atoms with Crippen LogP contribution in [-0.2, 0) is 19.3 Å². The van der Waals surface area contributed by atoms with Crippen LogP contribution in [0.2, 0.25) is 0 Å². The van der Waals surface area contributed by atoms with Crippen molar-refractivity contribution < 1.29 is 33.4 Å². The first-order valence-corrected chi connectivity index (χ1v) is 16.1. The fraction of sp³-hybridized carbons (Fsp3) is 0.417. The molecule has 4 rings (SSSR count). The van der Waals surface area contributed by atoms with Crippen LogP contribution in [0.25, 0.3) is 0 Å². The molecule has 0 aromatic heterocycles. The van der Waals surface area contributed by atoms with Gasteiger partial charge in [-0.05, 0) is 78.3 Å². The zero-order valence-electron chi connectivity index (χ0n) is 27.1. The van der Waals surface area contributed by atoms with Gasteiger partial charge >= 0.3 is 0 Å². The number of hydrogen-bond donors (Lipinski definition) is 5. The van der Waals surface area contributed by atoms with Gasteiger partial charge in [0, 0.05) is 48.8 Å². The summed E-state index contributed by atoms with van der Waals surface area (Å²) in [6, 6.07) is 11.4. The van der Waals surface area contributed by atoms with E-state index in [1.165, 1.54) is 18.2 Å². The number of nitrogens with two attached hydrogens (primary N) is 1. The van der Waals surface area contributed by atoms with E-state index in [9.17, 15) is 33.4 Å². The molecule has 0 bridgehead atoms. The van der Waals surface area contributed by atoms with Gasteiger partial charge < -0.3 is 31.5 Å². The van der Waals surface area contributed by atoms with E-state index in [4.69, 9.17) is 5.73 Å². The molecule has 0 radical (unpaired) electrons. The van der Waals surface area contributed by atoms with Crippen LogP contribution in [0.5, 0.6) is 0 Å². The highest BCUT2D eigenvalue weighted by molar-refractivity contribution is 6.04. The zero-order valence-corrected chi connectivity index (χ0v) is 27.1. The lowest BCUT2D eigenvalue weighted by atomic mass is 9.98. The number of amides is 3. The molecule has 0 saturated carbocycles. The van der Waals surface area contributed by atoms with Crippen molar-refractivity contribution in [2.24, 2.45) is 5.73 Å². The molecule has 3 amide bonds. The van der Waals surface area contributed by atoms with Gasteiger partial charge in [-0.3, -0.25) is 14.4 Å². The molecule has 0 fully saturated rings. The number of carbonyl (C=O) groups excluding carboxylic acids is 3. The van der Waals surface area contributed by atoms with Crippen molar-refractivity contribution in [3.63, 3.8) is 0 Å². The van der Waals surface area contributed by atoms with Crippen molar-refractivity contribution in [3.05, 3.63) is 105 Å². The lowest BCUT2D eigenvalue weighted by Gasteiger charge is -2.27. The normalized spacial score (nSPS) is 16.7. The molecule has 0 unspecified atom stereocenters. The van der Waals surface area contributed by atoms with Gasteiger partial charge in [0.25, 0.3) is 11.8 Å². The molecule has 47 heavy (non-hydrogen) atoms. The fourth-order valence-corrected chi connectivity index (χ4v) is 6.11. The van der Waals surface area contributed by atoms with E-state index in [0.29, 0.717) is 32.4 Å². The van der Waals surface area contributed by atoms with Gasteiger partial charge in [-0.25, -0.2) is 8.78 Å². The van der Waals surface area contributed by atoms with E-state index >= 15 is 0 Å². The second-order valence-electron chi connectivity index (χ2n) is 12.1. The Kier molecular flexibility index (Phi) is 12.2. The predicted molar refractivity (Wildman–Crippen MR) is 175 cm³/mol. The summed E-state index contributed by atoms with van der Waals surface area (Å²) in [5.74, 6) is -3.53. The molecule has 6 N–H and O–H groups in total. The summed E-state index contributed by atoms with van der Waals surface area (Å²) in [4.78, 5) is 40.9. The Hall–Kier alpha value is -4.19. The van der Waals surface area contributed by atoms with E-state index < -0.39 is 47.7 Å². The van der Waals surface area contributed by atoms with Crippen LogP contribution in [-0.4, -0.2) is 70.7 Å². The summed E-state index contributed by atoms with van der Waals surface area (Å²) in [6.07, 6.45) is 0.535. The number of fused-ring (bicyclic) bond motifs is 1. The van der Waals surface area contributed by atoms with Crippen LogP contribution >= 0.6 is 0 Å². The first-order chi connectivity index (χ1) is 22.4. The Labute approximate surface area is 274 Å². The summed E-state index contributed by atoms with van der Waals surface area (Å²) in [5, 5.41) is 28.2. The number of nitrogens with zero attached hydrogens (tertiary/aromatic N) is 1. The minimum Gasteiger partial charge on any atom is -0.391 e. The number of halogens is 2. The summed E-state index contributed by atoms with van der Waals surface area (Å²) in [5.41, 5.74) is 8.81. The maximum absolute atomic E-state index is 14.1. The van der Waals surface area contributed by atoms with E-state index in [-0.39, 0.29) is 41.1 Å². The average molecular weight is 651 g/mol. The third-order valence-electron chi connectivity index (χ3n) is 8.47. The zero-order chi connectivity index (χ0) is 34.2. The number of aryl methyl sites for hydroxylation is 1. The van der Waals surface area contributed by atoms with Gasteiger partial charge in [-0.2, -0.15) is 0 Å². The van der Waals surface area contributed by atoms with Gasteiger partial charge in [0.2, 0.25) is 5.91 Å².